The standard InChI is InChI=1S/C33H34N4O4/c1-39-26-8-4-6-24(18-26)34-32-19-28(33(38)37-15-5-7-25(37)20-36-13-2-3-14-36)27-16-22(9-11-29(27)35-32)23-10-12-30-31(17-23)41-21-40-30/h4,6,8-12,16-19,25H,2-3,5,7,13-15,20-21H2,1H3,(H,34,35)/t25-/m0/s1. The number of amides is 1. The molecule has 1 amide bonds. The lowest BCUT2D eigenvalue weighted by atomic mass is 9.99. The highest BCUT2D eigenvalue weighted by molar-refractivity contribution is 6.08. The summed E-state index contributed by atoms with van der Waals surface area (Å²) < 4.78 is 16.5. The predicted octanol–water partition coefficient (Wildman–Crippen LogP) is 6.08. The monoisotopic (exact) mass is 550 g/mol. The normalized spacial score (nSPS) is 18.3. The van der Waals surface area contributed by atoms with Crippen LogP contribution in [-0.2, 0) is 0 Å². The van der Waals surface area contributed by atoms with E-state index in [1.54, 1.807) is 7.11 Å². The van der Waals surface area contributed by atoms with Crippen molar-refractivity contribution in [3.8, 4) is 28.4 Å². The summed E-state index contributed by atoms with van der Waals surface area (Å²) in [6, 6.07) is 21.9. The summed E-state index contributed by atoms with van der Waals surface area (Å²) >= 11 is 0. The molecule has 0 unspecified atom stereocenters. The maximum Gasteiger partial charge on any atom is 0.254 e. The molecule has 4 heterocycles. The van der Waals surface area contributed by atoms with Gasteiger partial charge in [-0.15, -0.1) is 0 Å². The van der Waals surface area contributed by atoms with Crippen LogP contribution in [0.5, 0.6) is 17.2 Å². The lowest BCUT2D eigenvalue weighted by molar-refractivity contribution is 0.0710. The Bertz CT molecular complexity index is 1600. The summed E-state index contributed by atoms with van der Waals surface area (Å²) in [7, 11) is 1.65. The molecule has 0 spiro atoms. The molecule has 1 aromatic heterocycles. The van der Waals surface area contributed by atoms with Crippen LogP contribution in [0.3, 0.4) is 0 Å². The molecule has 8 heteroatoms. The fourth-order valence-corrected chi connectivity index (χ4v) is 6.28. The van der Waals surface area contributed by atoms with Gasteiger partial charge in [-0.2, -0.15) is 0 Å². The number of rotatable bonds is 7. The second-order valence-corrected chi connectivity index (χ2v) is 11.0. The fourth-order valence-electron chi connectivity index (χ4n) is 6.28. The minimum absolute atomic E-state index is 0.0654. The first-order valence-electron chi connectivity index (χ1n) is 14.4. The van der Waals surface area contributed by atoms with Crippen molar-refractivity contribution >= 4 is 28.3 Å². The van der Waals surface area contributed by atoms with Gasteiger partial charge in [0, 0.05) is 36.3 Å². The molecule has 1 atom stereocenters. The van der Waals surface area contributed by atoms with Gasteiger partial charge in [-0.05, 0) is 92.4 Å². The molecule has 1 N–H and O–H groups in total. The highest BCUT2D eigenvalue weighted by atomic mass is 16.7. The molecule has 3 aromatic carbocycles. The number of methoxy groups -OCH3 is 1. The molecule has 0 radical (unpaired) electrons. The van der Waals surface area contributed by atoms with E-state index >= 15 is 0 Å². The van der Waals surface area contributed by atoms with Gasteiger partial charge in [-0.25, -0.2) is 4.98 Å². The van der Waals surface area contributed by atoms with Gasteiger partial charge >= 0.3 is 0 Å². The van der Waals surface area contributed by atoms with Crippen LogP contribution in [0.25, 0.3) is 22.0 Å². The van der Waals surface area contributed by atoms with Gasteiger partial charge in [0.25, 0.3) is 5.91 Å². The molecule has 0 saturated carbocycles. The van der Waals surface area contributed by atoms with Crippen LogP contribution in [0, 0.1) is 0 Å². The fraction of sp³-hybridized carbons (Fsp3) is 0.333. The number of hydrogen-bond acceptors (Lipinski definition) is 7. The maximum absolute atomic E-state index is 14.3. The molecule has 7 rings (SSSR count). The summed E-state index contributed by atoms with van der Waals surface area (Å²) in [5.41, 5.74) is 4.27. The lowest BCUT2D eigenvalue weighted by Crippen LogP contribution is -2.42. The van der Waals surface area contributed by atoms with E-state index < -0.39 is 0 Å². The van der Waals surface area contributed by atoms with E-state index in [1.807, 2.05) is 60.7 Å². The number of nitrogens with zero attached hydrogens (tertiary/aromatic N) is 3. The Morgan fingerprint density at radius 3 is 2.66 bits per heavy atom. The summed E-state index contributed by atoms with van der Waals surface area (Å²) in [4.78, 5) is 23.9. The third kappa shape index (κ3) is 5.15. The van der Waals surface area contributed by atoms with Crippen LogP contribution in [0.2, 0.25) is 0 Å². The first-order valence-corrected chi connectivity index (χ1v) is 14.4. The second-order valence-electron chi connectivity index (χ2n) is 11.0. The number of hydrogen-bond donors (Lipinski definition) is 1. The van der Waals surface area contributed by atoms with Gasteiger partial charge in [0.2, 0.25) is 6.79 Å². The van der Waals surface area contributed by atoms with E-state index in [0.717, 1.165) is 84.0 Å². The molecule has 0 bridgehead atoms. The Hall–Kier alpha value is -4.30. The number of pyridine rings is 1. The second kappa shape index (κ2) is 10.9. The van der Waals surface area contributed by atoms with Crippen LogP contribution in [-0.4, -0.2) is 66.8 Å². The smallest absolute Gasteiger partial charge is 0.254 e. The summed E-state index contributed by atoms with van der Waals surface area (Å²) in [6.07, 6.45) is 4.57. The lowest BCUT2D eigenvalue weighted by Gasteiger charge is -2.29. The van der Waals surface area contributed by atoms with Crippen molar-refractivity contribution in [3.05, 3.63) is 72.3 Å². The Balaban J connectivity index is 1.28. The quantitative estimate of drug-likeness (QED) is 0.299. The van der Waals surface area contributed by atoms with E-state index in [4.69, 9.17) is 19.2 Å². The van der Waals surface area contributed by atoms with E-state index in [0.29, 0.717) is 11.4 Å². The number of carbonyl (C=O) groups is 1. The van der Waals surface area contributed by atoms with Crippen molar-refractivity contribution in [1.82, 2.24) is 14.8 Å². The molecule has 8 nitrogen and oxygen atoms in total. The SMILES string of the molecule is COc1cccc(Nc2cc(C(=O)N3CCC[C@H]3CN3CCCC3)c3cc(-c4ccc5c(c4)OCO5)ccc3n2)c1. The first kappa shape index (κ1) is 25.7. The number of ether oxygens (including phenoxy) is 3. The van der Waals surface area contributed by atoms with E-state index in [9.17, 15) is 4.79 Å². The summed E-state index contributed by atoms with van der Waals surface area (Å²) in [5.74, 6) is 2.92. The Morgan fingerprint density at radius 2 is 1.78 bits per heavy atom. The Morgan fingerprint density at radius 1 is 0.951 bits per heavy atom. The van der Waals surface area contributed by atoms with Gasteiger partial charge in [-0.3, -0.25) is 4.79 Å². The van der Waals surface area contributed by atoms with Crippen molar-refractivity contribution < 1.29 is 19.0 Å². The molecule has 4 aromatic rings. The van der Waals surface area contributed by atoms with E-state index in [1.165, 1.54) is 12.8 Å². The number of benzene rings is 3. The molecular formula is C33H34N4O4. The minimum atomic E-state index is 0.0654. The average Bonchev–Trinajstić information content (AvgIpc) is 3.79. The third-order valence-electron chi connectivity index (χ3n) is 8.39. The van der Waals surface area contributed by atoms with Crippen LogP contribution in [0.4, 0.5) is 11.5 Å². The number of anilines is 2. The zero-order valence-electron chi connectivity index (χ0n) is 23.3. The zero-order valence-corrected chi connectivity index (χ0v) is 23.3. The van der Waals surface area contributed by atoms with Crippen molar-refractivity contribution in [2.75, 3.05) is 45.4 Å². The molecule has 41 heavy (non-hydrogen) atoms. The van der Waals surface area contributed by atoms with E-state index in [2.05, 4.69) is 21.2 Å². The van der Waals surface area contributed by atoms with Crippen molar-refractivity contribution in [1.29, 1.82) is 0 Å². The zero-order chi connectivity index (χ0) is 27.8. The molecular weight excluding hydrogens is 516 g/mol. The first-order chi connectivity index (χ1) is 20.1. The largest absolute Gasteiger partial charge is 0.497 e. The maximum atomic E-state index is 14.3. The van der Waals surface area contributed by atoms with Crippen LogP contribution in [0.1, 0.15) is 36.0 Å². The number of aromatic nitrogens is 1. The summed E-state index contributed by atoms with van der Waals surface area (Å²) in [5, 5.41) is 4.24. The van der Waals surface area contributed by atoms with Crippen LogP contribution in [0.15, 0.2) is 66.7 Å². The topological polar surface area (TPSA) is 76.2 Å². The Labute approximate surface area is 239 Å². The molecule has 3 aliphatic rings. The number of fused-ring (bicyclic) bond motifs is 2. The third-order valence-corrected chi connectivity index (χ3v) is 8.39. The Kier molecular flexibility index (Phi) is 6.84. The number of nitrogens with one attached hydrogen (secondary N) is 1. The molecule has 2 fully saturated rings. The van der Waals surface area contributed by atoms with Crippen molar-refractivity contribution in [2.24, 2.45) is 0 Å². The molecule has 210 valence electrons. The number of carbonyl (C=O) groups excluding carboxylic acids is 1. The predicted molar refractivity (Wildman–Crippen MR) is 159 cm³/mol. The van der Waals surface area contributed by atoms with Crippen molar-refractivity contribution in [3.63, 3.8) is 0 Å². The van der Waals surface area contributed by atoms with E-state index in [-0.39, 0.29) is 18.7 Å². The molecule has 2 saturated heterocycles. The molecule has 3 aliphatic heterocycles. The minimum Gasteiger partial charge on any atom is -0.497 e. The van der Waals surface area contributed by atoms with Gasteiger partial charge in [0.1, 0.15) is 11.6 Å². The van der Waals surface area contributed by atoms with Crippen molar-refractivity contribution in [2.45, 2.75) is 31.7 Å². The summed E-state index contributed by atoms with van der Waals surface area (Å²) in [6.45, 7) is 4.22. The van der Waals surface area contributed by atoms with Gasteiger partial charge in [0.05, 0.1) is 18.2 Å². The highest BCUT2D eigenvalue weighted by Crippen LogP contribution is 2.37. The highest BCUT2D eigenvalue weighted by Gasteiger charge is 2.32. The van der Waals surface area contributed by atoms with Crippen LogP contribution >= 0.6 is 0 Å². The van der Waals surface area contributed by atoms with Gasteiger partial charge < -0.3 is 29.3 Å². The van der Waals surface area contributed by atoms with Crippen LogP contribution < -0.4 is 19.5 Å². The van der Waals surface area contributed by atoms with Gasteiger partial charge in [0.15, 0.2) is 11.5 Å². The molecule has 0 aliphatic carbocycles. The number of likely N-dealkylation sites (tertiary alicyclic amines) is 2. The average molecular weight is 551 g/mol. The van der Waals surface area contributed by atoms with Gasteiger partial charge in [-0.1, -0.05) is 18.2 Å².